The molecule has 0 aromatic carbocycles. The summed E-state index contributed by atoms with van der Waals surface area (Å²) in [5.74, 6) is -3.67. The van der Waals surface area contributed by atoms with Gasteiger partial charge < -0.3 is 73.7 Å². The quantitative estimate of drug-likeness (QED) is 0.0280. The maximum atomic E-state index is 11.3. The van der Waals surface area contributed by atoms with Crippen molar-refractivity contribution >= 4 is 35.8 Å². The van der Waals surface area contributed by atoms with E-state index in [0.717, 1.165) is 0 Å². The van der Waals surface area contributed by atoms with Crippen molar-refractivity contribution in [2.45, 2.75) is 62.8 Å². The summed E-state index contributed by atoms with van der Waals surface area (Å²) >= 11 is 0. The average Bonchev–Trinajstić information content (AvgIpc) is 2.93. The van der Waals surface area contributed by atoms with E-state index in [2.05, 4.69) is 20.1 Å². The smallest absolute Gasteiger partial charge is 0.323 e. The number of hydrogen-bond donors (Lipinski definition) is 14. The van der Waals surface area contributed by atoms with E-state index in [-0.39, 0.29) is 38.0 Å². The van der Waals surface area contributed by atoms with Crippen LogP contribution in [0.5, 0.6) is 0 Å². The number of guanidine groups is 2. The summed E-state index contributed by atoms with van der Waals surface area (Å²) in [7, 11) is 0. The highest BCUT2D eigenvalue weighted by Crippen LogP contribution is 1.98. The summed E-state index contributed by atoms with van der Waals surface area (Å²) < 4.78 is 9.35. The first kappa shape index (κ1) is 42.6. The molecule has 0 amide bonds. The molecule has 18 N–H and O–H groups in total. The largest absolute Gasteiger partial charge is 0.481 e. The van der Waals surface area contributed by atoms with Crippen LogP contribution in [0.2, 0.25) is 0 Å². The third-order valence-corrected chi connectivity index (χ3v) is 4.43. The van der Waals surface area contributed by atoms with Crippen LogP contribution in [-0.4, -0.2) is 130 Å². The number of nitrogens with one attached hydrogen (secondary N) is 4. The zero-order valence-electron chi connectivity index (χ0n) is 23.2. The van der Waals surface area contributed by atoms with Gasteiger partial charge in [-0.05, 0) is 25.7 Å². The zero-order chi connectivity index (χ0) is 33.1. The number of carbonyl (C=O) groups is 4. The van der Waals surface area contributed by atoms with Crippen molar-refractivity contribution in [3.63, 3.8) is 0 Å². The van der Waals surface area contributed by atoms with Crippen molar-refractivity contribution in [2.24, 2.45) is 22.9 Å². The van der Waals surface area contributed by atoms with Gasteiger partial charge in [0.15, 0.2) is 11.9 Å². The molecule has 0 aromatic rings. The van der Waals surface area contributed by atoms with Gasteiger partial charge in [-0.1, -0.05) is 0 Å². The number of aliphatic carboxylic acids is 2. The van der Waals surface area contributed by atoms with E-state index >= 15 is 0 Å². The fourth-order valence-electron chi connectivity index (χ4n) is 2.22. The number of aliphatic hydroxyl groups is 4. The number of esters is 2. The molecule has 0 aliphatic rings. The Balaban J connectivity index is -0.000000579. The molecule has 246 valence electrons. The average molecular weight is 615 g/mol. The topological polar surface area (TPSA) is 384 Å². The van der Waals surface area contributed by atoms with Gasteiger partial charge in [-0.3, -0.25) is 30.0 Å². The first-order valence-corrected chi connectivity index (χ1v) is 12.6. The molecule has 20 heteroatoms. The number of carbonyl (C=O) groups excluding carboxylic acids is 2. The third-order valence-electron chi connectivity index (χ3n) is 4.43. The molecule has 0 aliphatic heterocycles. The zero-order valence-corrected chi connectivity index (χ0v) is 23.2. The fourth-order valence-corrected chi connectivity index (χ4v) is 2.22. The van der Waals surface area contributed by atoms with Gasteiger partial charge in [-0.25, -0.2) is 0 Å². The minimum absolute atomic E-state index is 0.132. The number of rotatable bonds is 19. The van der Waals surface area contributed by atoms with Crippen molar-refractivity contribution in [1.29, 1.82) is 10.8 Å². The number of carboxylic acid groups (broad SMARTS) is 2. The lowest BCUT2D eigenvalue weighted by Gasteiger charge is -2.13. The van der Waals surface area contributed by atoms with E-state index in [4.69, 9.17) is 64.4 Å². The van der Waals surface area contributed by atoms with Crippen LogP contribution in [0.4, 0.5) is 0 Å². The Kier molecular flexibility index (Phi) is 27.8. The number of ether oxygens (including phenoxy) is 2. The molecule has 0 rings (SSSR count). The van der Waals surface area contributed by atoms with Crippen molar-refractivity contribution in [2.75, 3.05) is 39.5 Å². The highest BCUT2D eigenvalue weighted by atomic mass is 16.5. The molecule has 0 aliphatic carbocycles. The summed E-state index contributed by atoms with van der Waals surface area (Å²) in [4.78, 5) is 41.8. The molecule has 0 saturated heterocycles. The Morgan fingerprint density at radius 1 is 0.690 bits per heavy atom. The Morgan fingerprint density at radius 2 is 1.00 bits per heavy atom. The van der Waals surface area contributed by atoms with Gasteiger partial charge in [0.25, 0.3) is 0 Å². The second kappa shape index (κ2) is 27.4. The van der Waals surface area contributed by atoms with Crippen LogP contribution in [0.15, 0.2) is 0 Å². The number of hydrogen-bond acceptors (Lipinski definition) is 14. The first-order valence-electron chi connectivity index (χ1n) is 12.6. The standard InChI is InChI=1S/2C9H20N4O4.C4H6O4/c2*10-7(2-1-3-13-9(11)12)8(16)17-5-6(15)4-14;5-3(6)1-2-4(7)8/h2*6-7,14-15H,1-5,10H2,(H4,11,12,13);1-2H2,(H,5,6)(H,7,8)/t2*6?,7-;/m00./s1. The number of carboxylic acids is 2. The SMILES string of the molecule is N=C(N)NCCC[C@H](N)C(=O)OCC(O)CO.N=C(N)NCCC[C@H](N)C(=O)OCC(O)CO.O=C(O)CCC(=O)O. The van der Waals surface area contributed by atoms with Gasteiger partial charge in [0.2, 0.25) is 0 Å². The molecule has 0 heterocycles. The summed E-state index contributed by atoms with van der Waals surface area (Å²) in [6, 6.07) is -1.57. The third kappa shape index (κ3) is 32.4. The molecule has 20 nitrogen and oxygen atoms in total. The van der Waals surface area contributed by atoms with Gasteiger partial charge in [0, 0.05) is 13.1 Å². The van der Waals surface area contributed by atoms with Crippen LogP contribution >= 0.6 is 0 Å². The number of nitrogens with two attached hydrogens (primary N) is 4. The second-order valence-electron chi connectivity index (χ2n) is 8.40. The lowest BCUT2D eigenvalue weighted by molar-refractivity contribution is -0.149. The molecule has 0 radical (unpaired) electrons. The van der Waals surface area contributed by atoms with Crippen molar-refractivity contribution in [3.8, 4) is 0 Å². The van der Waals surface area contributed by atoms with Crippen molar-refractivity contribution in [1.82, 2.24) is 10.6 Å². The predicted octanol–water partition coefficient (Wildman–Crippen LogP) is -5.12. The summed E-state index contributed by atoms with van der Waals surface area (Å²) in [6.07, 6.45) is -0.847. The molecule has 0 spiro atoms. The van der Waals surface area contributed by atoms with Crippen LogP contribution < -0.4 is 33.6 Å². The Hall–Kier alpha value is -3.82. The molecule has 0 bridgehead atoms. The highest BCUT2D eigenvalue weighted by molar-refractivity contribution is 5.76. The summed E-state index contributed by atoms with van der Waals surface area (Å²) in [5.41, 5.74) is 21.2. The number of aliphatic hydroxyl groups excluding tert-OH is 4. The monoisotopic (exact) mass is 614 g/mol. The van der Waals surface area contributed by atoms with Crippen LogP contribution in [0.1, 0.15) is 38.5 Å². The molecular formula is C22H46N8O12. The van der Waals surface area contributed by atoms with Crippen LogP contribution in [-0.2, 0) is 28.7 Å². The minimum atomic E-state index is -1.08. The summed E-state index contributed by atoms with van der Waals surface area (Å²) in [6.45, 7) is -0.565. The van der Waals surface area contributed by atoms with Gasteiger partial charge in [0.05, 0.1) is 26.1 Å². The lowest BCUT2D eigenvalue weighted by atomic mass is 10.2. The molecule has 2 unspecified atom stereocenters. The van der Waals surface area contributed by atoms with Crippen molar-refractivity contribution in [3.05, 3.63) is 0 Å². The van der Waals surface area contributed by atoms with Gasteiger partial charge in [0.1, 0.15) is 37.5 Å². The second-order valence-corrected chi connectivity index (χ2v) is 8.40. The maximum absolute atomic E-state index is 11.3. The Labute approximate surface area is 242 Å². The molecule has 0 saturated carbocycles. The van der Waals surface area contributed by atoms with Gasteiger partial charge in [-0.2, -0.15) is 0 Å². The van der Waals surface area contributed by atoms with Crippen LogP contribution in [0.25, 0.3) is 0 Å². The van der Waals surface area contributed by atoms with Gasteiger partial charge in [-0.15, -0.1) is 0 Å². The normalized spacial score (nSPS) is 12.8. The Morgan fingerprint density at radius 3 is 1.24 bits per heavy atom. The fraction of sp³-hybridized carbons (Fsp3) is 0.727. The summed E-state index contributed by atoms with van der Waals surface area (Å²) in [5, 5.41) is 69.6. The van der Waals surface area contributed by atoms with E-state index in [1.165, 1.54) is 0 Å². The Bertz CT molecular complexity index is 741. The van der Waals surface area contributed by atoms with E-state index in [0.29, 0.717) is 38.8 Å². The lowest BCUT2D eigenvalue weighted by Crippen LogP contribution is -2.36. The van der Waals surface area contributed by atoms with Gasteiger partial charge >= 0.3 is 23.9 Å². The van der Waals surface area contributed by atoms with E-state index in [1.54, 1.807) is 0 Å². The van der Waals surface area contributed by atoms with Crippen LogP contribution in [0, 0.1) is 10.8 Å². The maximum Gasteiger partial charge on any atom is 0.323 e. The molecular weight excluding hydrogens is 568 g/mol. The van der Waals surface area contributed by atoms with Crippen molar-refractivity contribution < 1.29 is 59.3 Å². The molecule has 42 heavy (non-hydrogen) atoms. The highest BCUT2D eigenvalue weighted by Gasteiger charge is 2.17. The van der Waals surface area contributed by atoms with E-state index in [1.807, 2.05) is 0 Å². The van der Waals surface area contributed by atoms with E-state index in [9.17, 15) is 19.2 Å². The van der Waals surface area contributed by atoms with Crippen LogP contribution in [0.3, 0.4) is 0 Å². The van der Waals surface area contributed by atoms with E-state index < -0.39 is 61.4 Å². The minimum Gasteiger partial charge on any atom is -0.481 e. The molecule has 0 aromatic heterocycles. The first-order chi connectivity index (χ1) is 19.6. The molecule has 4 atom stereocenters. The predicted molar refractivity (Wildman–Crippen MR) is 147 cm³/mol. The molecule has 0 fully saturated rings.